The zero-order chi connectivity index (χ0) is 14.3. The molecular formula is C16H28N2O. The van der Waals surface area contributed by atoms with E-state index >= 15 is 0 Å². The maximum atomic E-state index is 5.59. The summed E-state index contributed by atoms with van der Waals surface area (Å²) in [5.74, 6) is 0. The molecule has 0 aliphatic heterocycles. The Morgan fingerprint density at radius 3 is 2.63 bits per heavy atom. The van der Waals surface area contributed by atoms with Crippen LogP contribution in [0.2, 0.25) is 0 Å². The molecule has 0 heterocycles. The first-order chi connectivity index (χ1) is 9.02. The molecule has 19 heavy (non-hydrogen) atoms. The minimum absolute atomic E-state index is 0.310. The van der Waals surface area contributed by atoms with Crippen molar-refractivity contribution in [1.29, 1.82) is 0 Å². The van der Waals surface area contributed by atoms with Crippen molar-refractivity contribution in [3.05, 3.63) is 35.4 Å². The molecular weight excluding hydrogens is 236 g/mol. The van der Waals surface area contributed by atoms with Crippen LogP contribution in [0.25, 0.3) is 0 Å². The maximum absolute atomic E-state index is 5.59. The molecule has 1 N–H and O–H groups in total. The van der Waals surface area contributed by atoms with Gasteiger partial charge in [0.05, 0.1) is 12.7 Å². The number of benzene rings is 1. The van der Waals surface area contributed by atoms with Gasteiger partial charge in [-0.1, -0.05) is 29.8 Å². The third kappa shape index (κ3) is 6.19. The van der Waals surface area contributed by atoms with Crippen LogP contribution in [0.1, 0.15) is 31.0 Å². The Kier molecular flexibility index (Phi) is 7.06. The van der Waals surface area contributed by atoms with Crippen molar-refractivity contribution in [3.8, 4) is 0 Å². The van der Waals surface area contributed by atoms with Gasteiger partial charge >= 0.3 is 0 Å². The number of nitrogens with one attached hydrogen (secondary N) is 1. The number of hydrogen-bond acceptors (Lipinski definition) is 3. The molecule has 108 valence electrons. The van der Waals surface area contributed by atoms with E-state index in [-0.39, 0.29) is 0 Å². The lowest BCUT2D eigenvalue weighted by molar-refractivity contribution is 0.0624. The summed E-state index contributed by atoms with van der Waals surface area (Å²) in [6.07, 6.45) is 0.310. The smallest absolute Gasteiger partial charge is 0.0596 e. The van der Waals surface area contributed by atoms with Crippen LogP contribution < -0.4 is 5.32 Å². The van der Waals surface area contributed by atoms with Gasteiger partial charge in [-0.2, -0.15) is 0 Å². The zero-order valence-electron chi connectivity index (χ0n) is 12.9. The molecule has 1 aromatic carbocycles. The predicted molar refractivity (Wildman–Crippen MR) is 81.6 cm³/mol. The first-order valence-electron chi connectivity index (χ1n) is 7.07. The summed E-state index contributed by atoms with van der Waals surface area (Å²) in [6.45, 7) is 9.02. The van der Waals surface area contributed by atoms with Crippen LogP contribution in [-0.4, -0.2) is 44.8 Å². The molecule has 3 nitrogen and oxygen atoms in total. The van der Waals surface area contributed by atoms with Crippen molar-refractivity contribution in [2.24, 2.45) is 0 Å². The van der Waals surface area contributed by atoms with Crippen LogP contribution in [0, 0.1) is 6.92 Å². The Balaban J connectivity index is 2.47. The maximum Gasteiger partial charge on any atom is 0.0596 e. The van der Waals surface area contributed by atoms with Gasteiger partial charge in [0, 0.05) is 19.1 Å². The van der Waals surface area contributed by atoms with Gasteiger partial charge in [0.25, 0.3) is 0 Å². The zero-order valence-corrected chi connectivity index (χ0v) is 12.9. The van der Waals surface area contributed by atoms with E-state index in [0.29, 0.717) is 12.1 Å². The molecule has 0 aliphatic carbocycles. The van der Waals surface area contributed by atoms with Gasteiger partial charge < -0.3 is 15.0 Å². The lowest BCUT2D eigenvalue weighted by Gasteiger charge is -2.24. The van der Waals surface area contributed by atoms with Crippen LogP contribution in [0.4, 0.5) is 0 Å². The van der Waals surface area contributed by atoms with E-state index in [4.69, 9.17) is 4.74 Å². The van der Waals surface area contributed by atoms with Gasteiger partial charge in [-0.15, -0.1) is 0 Å². The van der Waals surface area contributed by atoms with Gasteiger partial charge in [-0.3, -0.25) is 0 Å². The summed E-state index contributed by atoms with van der Waals surface area (Å²) in [4.78, 5) is 2.31. The highest BCUT2D eigenvalue weighted by Crippen LogP contribution is 2.15. The fraction of sp³-hybridized carbons (Fsp3) is 0.625. The lowest BCUT2D eigenvalue weighted by Crippen LogP contribution is -2.33. The second kappa shape index (κ2) is 8.31. The average Bonchev–Trinajstić information content (AvgIpc) is 2.35. The molecule has 1 atom stereocenters. The summed E-state index contributed by atoms with van der Waals surface area (Å²) in [7, 11) is 4.16. The molecule has 0 aliphatic rings. The van der Waals surface area contributed by atoms with E-state index in [1.165, 1.54) is 11.1 Å². The first kappa shape index (κ1) is 16.2. The highest BCUT2D eigenvalue weighted by atomic mass is 16.5. The highest BCUT2D eigenvalue weighted by Gasteiger charge is 2.12. The van der Waals surface area contributed by atoms with Crippen molar-refractivity contribution < 1.29 is 4.74 Å². The minimum atomic E-state index is 0.310. The summed E-state index contributed by atoms with van der Waals surface area (Å²) < 4.78 is 5.59. The Bertz CT molecular complexity index is 366. The van der Waals surface area contributed by atoms with Crippen LogP contribution in [0.15, 0.2) is 24.3 Å². The number of ether oxygens (including phenoxy) is 1. The average molecular weight is 264 g/mol. The summed E-state index contributed by atoms with van der Waals surface area (Å²) in [5.41, 5.74) is 2.66. The van der Waals surface area contributed by atoms with Crippen LogP contribution in [-0.2, 0) is 4.74 Å². The molecule has 0 radical (unpaired) electrons. The molecule has 1 aromatic rings. The standard InChI is InChI=1S/C16H28N2O/c1-13(2)19-10-9-18(5)12-16(17-4)15-8-6-7-14(3)11-15/h6-8,11,13,16-17H,9-10,12H2,1-5H3. The van der Waals surface area contributed by atoms with Gasteiger partial charge in [-0.25, -0.2) is 0 Å². The lowest BCUT2D eigenvalue weighted by atomic mass is 10.0. The van der Waals surface area contributed by atoms with E-state index in [0.717, 1.165) is 19.7 Å². The summed E-state index contributed by atoms with van der Waals surface area (Å²) in [6, 6.07) is 9.06. The molecule has 0 saturated carbocycles. The molecule has 0 fully saturated rings. The van der Waals surface area contributed by atoms with E-state index in [2.05, 4.69) is 62.3 Å². The topological polar surface area (TPSA) is 24.5 Å². The van der Waals surface area contributed by atoms with E-state index in [9.17, 15) is 0 Å². The number of hydrogen-bond donors (Lipinski definition) is 1. The van der Waals surface area contributed by atoms with E-state index in [1.54, 1.807) is 0 Å². The molecule has 0 amide bonds. The Hall–Kier alpha value is -0.900. The van der Waals surface area contributed by atoms with Crippen molar-refractivity contribution in [2.45, 2.75) is 32.9 Å². The van der Waals surface area contributed by atoms with Crippen molar-refractivity contribution in [2.75, 3.05) is 33.8 Å². The number of rotatable bonds is 8. The second-order valence-corrected chi connectivity index (χ2v) is 5.44. The SMILES string of the molecule is CNC(CN(C)CCOC(C)C)c1cccc(C)c1. The fourth-order valence-electron chi connectivity index (χ4n) is 2.10. The molecule has 1 rings (SSSR count). The summed E-state index contributed by atoms with van der Waals surface area (Å²) in [5, 5.41) is 3.39. The first-order valence-corrected chi connectivity index (χ1v) is 7.07. The summed E-state index contributed by atoms with van der Waals surface area (Å²) >= 11 is 0. The van der Waals surface area contributed by atoms with Gasteiger partial charge in [0.15, 0.2) is 0 Å². The normalized spacial score (nSPS) is 13.2. The fourth-order valence-corrected chi connectivity index (χ4v) is 2.10. The largest absolute Gasteiger partial charge is 0.377 e. The second-order valence-electron chi connectivity index (χ2n) is 5.44. The predicted octanol–water partition coefficient (Wildman–Crippen LogP) is 2.61. The van der Waals surface area contributed by atoms with Crippen molar-refractivity contribution in [1.82, 2.24) is 10.2 Å². The number of likely N-dealkylation sites (N-methyl/N-ethyl adjacent to an activating group) is 2. The van der Waals surface area contributed by atoms with Gasteiger partial charge in [-0.05, 0) is 40.4 Å². The van der Waals surface area contributed by atoms with Crippen LogP contribution in [0.5, 0.6) is 0 Å². The van der Waals surface area contributed by atoms with Crippen molar-refractivity contribution >= 4 is 0 Å². The minimum Gasteiger partial charge on any atom is -0.377 e. The van der Waals surface area contributed by atoms with Gasteiger partial charge in [0.2, 0.25) is 0 Å². The quantitative estimate of drug-likeness (QED) is 0.781. The Morgan fingerprint density at radius 1 is 1.32 bits per heavy atom. The Morgan fingerprint density at radius 2 is 2.05 bits per heavy atom. The monoisotopic (exact) mass is 264 g/mol. The van der Waals surface area contributed by atoms with E-state index in [1.807, 2.05) is 7.05 Å². The third-order valence-electron chi connectivity index (χ3n) is 3.21. The molecule has 3 heteroatoms. The number of nitrogens with zero attached hydrogens (tertiary/aromatic N) is 1. The third-order valence-corrected chi connectivity index (χ3v) is 3.21. The molecule has 1 unspecified atom stereocenters. The number of aryl methyl sites for hydroxylation is 1. The van der Waals surface area contributed by atoms with Gasteiger partial charge in [0.1, 0.15) is 0 Å². The molecule has 0 saturated heterocycles. The van der Waals surface area contributed by atoms with Crippen molar-refractivity contribution in [3.63, 3.8) is 0 Å². The van der Waals surface area contributed by atoms with Crippen LogP contribution in [0.3, 0.4) is 0 Å². The highest BCUT2D eigenvalue weighted by molar-refractivity contribution is 5.25. The molecule has 0 bridgehead atoms. The molecule has 0 aromatic heterocycles. The molecule has 0 spiro atoms. The van der Waals surface area contributed by atoms with E-state index < -0.39 is 0 Å². The van der Waals surface area contributed by atoms with Crippen LogP contribution >= 0.6 is 0 Å². The Labute approximate surface area is 118 Å².